The Labute approximate surface area is 366 Å². The number of nitrogens with one attached hydrogen (secondary N) is 1. The topological polar surface area (TPSA) is 189 Å². The van der Waals surface area contributed by atoms with Gasteiger partial charge in [0, 0.05) is 0 Å². The molecule has 356 valence electrons. The van der Waals surface area contributed by atoms with Crippen LogP contribution in [-0.2, 0) is 14.3 Å². The molecule has 0 aromatic carbocycles. The Bertz CT molecular complexity index is 986. The lowest BCUT2D eigenvalue weighted by Gasteiger charge is -2.40. The van der Waals surface area contributed by atoms with Crippen LogP contribution in [0.25, 0.3) is 0 Å². The normalized spacial score (nSPS) is 21.6. The average Bonchev–Trinajstić information content (AvgIpc) is 3.25. The summed E-state index contributed by atoms with van der Waals surface area (Å²) < 4.78 is 11.1. The molecule has 1 fully saturated rings. The highest BCUT2D eigenvalue weighted by atomic mass is 16.7. The summed E-state index contributed by atoms with van der Waals surface area (Å²) in [5.74, 6) is -0.710. The highest BCUT2D eigenvalue weighted by Crippen LogP contribution is 2.23. The minimum Gasteiger partial charge on any atom is -0.394 e. The van der Waals surface area contributed by atoms with Gasteiger partial charge in [0.1, 0.15) is 36.6 Å². The van der Waals surface area contributed by atoms with Gasteiger partial charge < -0.3 is 50.5 Å². The molecule has 1 saturated heterocycles. The second-order valence-electron chi connectivity index (χ2n) is 17.9. The number of aliphatic hydroxyl groups is 7. The van der Waals surface area contributed by atoms with Crippen LogP contribution in [0, 0.1) is 0 Å². The first-order chi connectivity index (χ1) is 29.2. The number of rotatable bonds is 42. The van der Waals surface area contributed by atoms with E-state index in [1.807, 2.05) is 12.2 Å². The third-order valence-corrected chi connectivity index (χ3v) is 12.3. The molecular formula is C49H95NO10. The van der Waals surface area contributed by atoms with Crippen LogP contribution in [0.15, 0.2) is 12.2 Å². The second kappa shape index (κ2) is 39.4. The zero-order valence-corrected chi connectivity index (χ0v) is 38.5. The van der Waals surface area contributed by atoms with E-state index in [9.17, 15) is 40.5 Å². The van der Waals surface area contributed by atoms with Crippen LogP contribution in [0.1, 0.15) is 226 Å². The van der Waals surface area contributed by atoms with Crippen LogP contribution in [-0.4, -0.2) is 110 Å². The predicted molar refractivity (Wildman–Crippen MR) is 243 cm³/mol. The fraction of sp³-hybridized carbons (Fsp3) is 0.939. The standard InChI is InChI=1S/C49H95NO10/c1-3-5-7-9-11-13-15-17-18-19-20-21-22-23-24-25-27-29-31-33-35-37-42(53)48(58)50-40(39-59-49-47(57)46(56)45(55)43(38-51)60-49)44(54)41(52)36-34-32-30-28-26-16-14-12-10-8-6-4-2/h32,34,40-47,49,51-57H,3-31,33,35-39H2,1-2H3,(H,50,58)/t40-,41+,42+,43+,44-,45-,46-,47+,49+/m0/s1. The maximum Gasteiger partial charge on any atom is 0.249 e. The molecule has 1 heterocycles. The number of allylic oxidation sites excluding steroid dienone is 1. The maximum absolute atomic E-state index is 13.1. The van der Waals surface area contributed by atoms with Gasteiger partial charge in [-0.3, -0.25) is 4.79 Å². The van der Waals surface area contributed by atoms with Crippen molar-refractivity contribution in [3.05, 3.63) is 12.2 Å². The lowest BCUT2D eigenvalue weighted by atomic mass is 9.99. The minimum atomic E-state index is -1.67. The van der Waals surface area contributed by atoms with E-state index < -0.39 is 74.2 Å². The molecule has 9 atom stereocenters. The van der Waals surface area contributed by atoms with Gasteiger partial charge >= 0.3 is 0 Å². The summed E-state index contributed by atoms with van der Waals surface area (Å²) in [6.07, 6.45) is 31.4. The molecule has 1 rings (SSSR count). The summed E-state index contributed by atoms with van der Waals surface area (Å²) in [5.41, 5.74) is 0. The Morgan fingerprint density at radius 2 is 1.00 bits per heavy atom. The number of aliphatic hydroxyl groups excluding tert-OH is 7. The fourth-order valence-corrected chi connectivity index (χ4v) is 8.14. The van der Waals surface area contributed by atoms with Crippen LogP contribution in [0.3, 0.4) is 0 Å². The van der Waals surface area contributed by atoms with Gasteiger partial charge in [-0.15, -0.1) is 0 Å². The van der Waals surface area contributed by atoms with Crippen LogP contribution >= 0.6 is 0 Å². The van der Waals surface area contributed by atoms with Gasteiger partial charge in [0.25, 0.3) is 0 Å². The van der Waals surface area contributed by atoms with Crippen molar-refractivity contribution in [1.82, 2.24) is 5.32 Å². The number of carbonyl (C=O) groups is 1. The first-order valence-electron chi connectivity index (χ1n) is 25.1. The first-order valence-corrected chi connectivity index (χ1v) is 25.1. The van der Waals surface area contributed by atoms with Crippen LogP contribution in [0.2, 0.25) is 0 Å². The maximum atomic E-state index is 13.1. The number of amides is 1. The van der Waals surface area contributed by atoms with E-state index in [4.69, 9.17) is 9.47 Å². The highest BCUT2D eigenvalue weighted by Gasteiger charge is 2.44. The summed E-state index contributed by atoms with van der Waals surface area (Å²) in [5, 5.41) is 75.6. The summed E-state index contributed by atoms with van der Waals surface area (Å²) in [7, 11) is 0. The number of unbranched alkanes of at least 4 members (excludes halogenated alkanes) is 29. The molecule has 0 spiro atoms. The fourth-order valence-electron chi connectivity index (χ4n) is 8.14. The Hall–Kier alpha value is -1.15. The van der Waals surface area contributed by atoms with Crippen LogP contribution in [0.4, 0.5) is 0 Å². The molecule has 11 nitrogen and oxygen atoms in total. The Kier molecular flexibility index (Phi) is 37.4. The lowest BCUT2D eigenvalue weighted by Crippen LogP contribution is -2.60. The molecule has 60 heavy (non-hydrogen) atoms. The Morgan fingerprint density at radius 3 is 1.43 bits per heavy atom. The van der Waals surface area contributed by atoms with Gasteiger partial charge in [0.05, 0.1) is 25.4 Å². The number of ether oxygens (including phenoxy) is 2. The lowest BCUT2D eigenvalue weighted by molar-refractivity contribution is -0.303. The summed E-state index contributed by atoms with van der Waals surface area (Å²) in [4.78, 5) is 13.1. The monoisotopic (exact) mass is 858 g/mol. The largest absolute Gasteiger partial charge is 0.394 e. The first kappa shape index (κ1) is 56.9. The molecule has 0 aromatic heterocycles. The van der Waals surface area contributed by atoms with Crippen molar-refractivity contribution in [3.8, 4) is 0 Å². The smallest absolute Gasteiger partial charge is 0.249 e. The van der Waals surface area contributed by atoms with Crippen molar-refractivity contribution >= 4 is 5.91 Å². The zero-order chi connectivity index (χ0) is 44.1. The molecule has 1 aliphatic rings. The van der Waals surface area contributed by atoms with Gasteiger partial charge in [0.15, 0.2) is 6.29 Å². The SMILES string of the molecule is CCCCCCCCCCCC=CC[C@@H](O)[C@@H](O)[C@H](CO[C@@H]1O[C@H](CO)[C@H](O)[C@H](O)[C@H]1O)NC(=O)[C@H](O)CCCCCCCCCCCCCCCCCCCCCCC. The van der Waals surface area contributed by atoms with Crippen molar-refractivity contribution in [3.63, 3.8) is 0 Å². The summed E-state index contributed by atoms with van der Waals surface area (Å²) in [6.45, 7) is 3.42. The predicted octanol–water partition coefficient (Wildman–Crippen LogP) is 8.84. The van der Waals surface area contributed by atoms with Crippen molar-refractivity contribution in [1.29, 1.82) is 0 Å². The molecule has 0 unspecified atom stereocenters. The molecule has 1 amide bonds. The van der Waals surface area contributed by atoms with Gasteiger partial charge in [-0.05, 0) is 25.7 Å². The molecule has 11 heteroatoms. The van der Waals surface area contributed by atoms with Gasteiger partial charge in [-0.2, -0.15) is 0 Å². The Morgan fingerprint density at radius 1 is 0.583 bits per heavy atom. The average molecular weight is 858 g/mol. The van der Waals surface area contributed by atoms with Crippen LogP contribution in [0.5, 0.6) is 0 Å². The molecular weight excluding hydrogens is 763 g/mol. The molecule has 0 radical (unpaired) electrons. The third kappa shape index (κ3) is 28.5. The van der Waals surface area contributed by atoms with E-state index >= 15 is 0 Å². The summed E-state index contributed by atoms with van der Waals surface area (Å²) in [6, 6.07) is -1.19. The van der Waals surface area contributed by atoms with Crippen molar-refractivity contribution in [2.75, 3.05) is 13.2 Å². The van der Waals surface area contributed by atoms with E-state index in [0.717, 1.165) is 38.5 Å². The van der Waals surface area contributed by atoms with Crippen molar-refractivity contribution in [2.24, 2.45) is 0 Å². The highest BCUT2D eigenvalue weighted by molar-refractivity contribution is 5.80. The van der Waals surface area contributed by atoms with E-state index in [-0.39, 0.29) is 12.8 Å². The third-order valence-electron chi connectivity index (χ3n) is 12.3. The molecule has 0 saturated carbocycles. The molecule has 0 bridgehead atoms. The molecule has 0 aromatic rings. The van der Waals surface area contributed by atoms with Crippen LogP contribution < -0.4 is 5.32 Å². The minimum absolute atomic E-state index is 0.132. The summed E-state index contributed by atoms with van der Waals surface area (Å²) >= 11 is 0. The van der Waals surface area contributed by atoms with E-state index in [1.54, 1.807) is 0 Å². The quantitative estimate of drug-likeness (QED) is 0.0218. The van der Waals surface area contributed by atoms with Crippen molar-refractivity contribution < 1.29 is 50.0 Å². The molecule has 1 aliphatic heterocycles. The zero-order valence-electron chi connectivity index (χ0n) is 38.5. The Balaban J connectivity index is 2.37. The second-order valence-corrected chi connectivity index (χ2v) is 17.9. The van der Waals surface area contributed by atoms with Gasteiger partial charge in [0.2, 0.25) is 5.91 Å². The van der Waals surface area contributed by atoms with E-state index in [0.29, 0.717) is 6.42 Å². The van der Waals surface area contributed by atoms with E-state index in [2.05, 4.69) is 19.2 Å². The van der Waals surface area contributed by atoms with Gasteiger partial charge in [-0.1, -0.05) is 212 Å². The molecule has 0 aliphatic carbocycles. The molecule has 8 N–H and O–H groups in total. The van der Waals surface area contributed by atoms with Crippen molar-refractivity contribution in [2.45, 2.75) is 281 Å². The number of hydrogen-bond donors (Lipinski definition) is 8. The number of hydrogen-bond acceptors (Lipinski definition) is 10. The van der Waals surface area contributed by atoms with Gasteiger partial charge in [-0.25, -0.2) is 0 Å². The van der Waals surface area contributed by atoms with E-state index in [1.165, 1.54) is 154 Å². The number of carbonyl (C=O) groups excluding carboxylic acids is 1.